The van der Waals surface area contributed by atoms with Crippen LogP contribution in [0.4, 0.5) is 9.59 Å². The first kappa shape index (κ1) is 28.3. The Bertz CT molecular complexity index is 468. The molecule has 0 bridgehead atoms. The van der Waals surface area contributed by atoms with Gasteiger partial charge in [-0.3, -0.25) is 0 Å². The molecule has 1 amide bonds. The van der Waals surface area contributed by atoms with Crippen LogP contribution >= 0.6 is 0 Å². The van der Waals surface area contributed by atoms with Gasteiger partial charge in [0.15, 0.2) is 6.10 Å². The first-order valence-corrected chi connectivity index (χ1v) is 10.5. The number of rotatable bonds is 22. The third-order valence-corrected chi connectivity index (χ3v) is 3.68. The number of ether oxygens (including phenoxy) is 9. The summed E-state index contributed by atoms with van der Waals surface area (Å²) in [5.74, 6) is 0. The lowest BCUT2D eigenvalue weighted by molar-refractivity contribution is -0.0224. The second-order valence-electron chi connectivity index (χ2n) is 6.22. The number of nitrogens with one attached hydrogen (secondary N) is 1. The van der Waals surface area contributed by atoms with Crippen molar-refractivity contribution in [2.45, 2.75) is 6.10 Å². The van der Waals surface area contributed by atoms with Crippen LogP contribution in [0.3, 0.4) is 0 Å². The van der Waals surface area contributed by atoms with Crippen LogP contribution in [0.15, 0.2) is 0 Å². The quantitative estimate of drug-likeness (QED) is 0.153. The maximum absolute atomic E-state index is 11.3. The highest BCUT2D eigenvalue weighted by Gasteiger charge is 2.24. The number of carbonyl (C=O) groups is 2. The number of hydrogen-bond donors (Lipinski definition) is 2. The van der Waals surface area contributed by atoms with E-state index in [4.69, 9.17) is 47.7 Å². The van der Waals surface area contributed by atoms with Crippen LogP contribution in [0, 0.1) is 0 Å². The predicted molar refractivity (Wildman–Crippen MR) is 108 cm³/mol. The standard InChI is InChI=1S/C19H35NO12/c21-1-2-24-3-4-25-5-6-26-7-8-27-9-10-28-11-12-29-13-14-30-19(23)31-16-17-15-20-18(22)32-17/h17,21H,1-16H2,(H,20,22)/t17-/m0/s1. The average Bonchev–Trinajstić information content (AvgIpc) is 3.21. The number of amides is 1. The molecule has 0 spiro atoms. The Balaban J connectivity index is 1.69. The fourth-order valence-electron chi connectivity index (χ4n) is 2.18. The second kappa shape index (κ2) is 21.1. The van der Waals surface area contributed by atoms with Crippen molar-refractivity contribution in [3.63, 3.8) is 0 Å². The molecule has 188 valence electrons. The smallest absolute Gasteiger partial charge is 0.441 e. The highest BCUT2D eigenvalue weighted by Crippen LogP contribution is 2.01. The van der Waals surface area contributed by atoms with Gasteiger partial charge < -0.3 is 53.1 Å². The largest absolute Gasteiger partial charge is 0.508 e. The Morgan fingerprint density at radius 1 is 0.750 bits per heavy atom. The molecule has 1 aliphatic heterocycles. The van der Waals surface area contributed by atoms with E-state index in [-0.39, 0.29) is 26.4 Å². The molecule has 0 unspecified atom stereocenters. The van der Waals surface area contributed by atoms with Crippen molar-refractivity contribution in [1.29, 1.82) is 0 Å². The van der Waals surface area contributed by atoms with Crippen LogP contribution in [0.2, 0.25) is 0 Å². The second-order valence-corrected chi connectivity index (χ2v) is 6.22. The SMILES string of the molecule is O=C1NC[C@@H](COC(=O)OCCOCCOCCOCCOCCOCCOCCO)O1. The van der Waals surface area contributed by atoms with Gasteiger partial charge in [-0.25, -0.2) is 9.59 Å². The molecule has 1 saturated heterocycles. The van der Waals surface area contributed by atoms with E-state index in [2.05, 4.69) is 5.32 Å². The first-order chi connectivity index (χ1) is 15.7. The Morgan fingerprint density at radius 3 is 1.59 bits per heavy atom. The molecular formula is C19H35NO12. The maximum atomic E-state index is 11.3. The highest BCUT2D eigenvalue weighted by molar-refractivity contribution is 5.69. The zero-order valence-electron chi connectivity index (χ0n) is 18.3. The number of aliphatic hydroxyl groups excluding tert-OH is 1. The minimum absolute atomic E-state index is 0.0132. The van der Waals surface area contributed by atoms with Gasteiger partial charge >= 0.3 is 12.2 Å². The van der Waals surface area contributed by atoms with Crippen LogP contribution in [-0.2, 0) is 42.6 Å². The highest BCUT2D eigenvalue weighted by atomic mass is 16.7. The molecule has 1 rings (SSSR count). The molecular weight excluding hydrogens is 434 g/mol. The maximum Gasteiger partial charge on any atom is 0.508 e. The third kappa shape index (κ3) is 17.9. The van der Waals surface area contributed by atoms with E-state index in [1.807, 2.05) is 0 Å². The zero-order valence-corrected chi connectivity index (χ0v) is 18.3. The summed E-state index contributed by atoms with van der Waals surface area (Å²) in [6, 6.07) is 0. The molecule has 1 fully saturated rings. The van der Waals surface area contributed by atoms with Crippen molar-refractivity contribution in [3.8, 4) is 0 Å². The predicted octanol–water partition coefficient (Wildman–Crippen LogP) is -0.660. The molecule has 0 radical (unpaired) electrons. The summed E-state index contributed by atoms with van der Waals surface area (Å²) in [6.07, 6.45) is -1.86. The fourth-order valence-corrected chi connectivity index (χ4v) is 2.18. The third-order valence-electron chi connectivity index (χ3n) is 3.68. The number of cyclic esters (lactones) is 1. The molecule has 2 N–H and O–H groups in total. The number of hydrogen-bond acceptors (Lipinski definition) is 12. The average molecular weight is 469 g/mol. The van der Waals surface area contributed by atoms with Gasteiger partial charge in [0.1, 0.15) is 13.2 Å². The summed E-state index contributed by atoms with van der Waals surface area (Å²) in [5, 5.41) is 11.0. The summed E-state index contributed by atoms with van der Waals surface area (Å²) in [6.45, 7) is 5.29. The number of aliphatic hydroxyl groups is 1. The molecule has 0 aromatic carbocycles. The van der Waals surface area contributed by atoms with E-state index < -0.39 is 18.4 Å². The molecule has 32 heavy (non-hydrogen) atoms. The summed E-state index contributed by atoms with van der Waals surface area (Å²) < 4.78 is 46.1. The van der Waals surface area contributed by atoms with Gasteiger partial charge in [-0.2, -0.15) is 0 Å². The van der Waals surface area contributed by atoms with Gasteiger partial charge in [-0.1, -0.05) is 0 Å². The van der Waals surface area contributed by atoms with Gasteiger partial charge in [0, 0.05) is 0 Å². The monoisotopic (exact) mass is 469 g/mol. The molecule has 1 heterocycles. The van der Waals surface area contributed by atoms with Crippen molar-refractivity contribution in [1.82, 2.24) is 5.32 Å². The van der Waals surface area contributed by atoms with Crippen LogP contribution in [0.1, 0.15) is 0 Å². The Morgan fingerprint density at radius 2 is 1.19 bits per heavy atom. The molecule has 13 nitrogen and oxygen atoms in total. The summed E-state index contributed by atoms with van der Waals surface area (Å²) in [4.78, 5) is 22.2. The summed E-state index contributed by atoms with van der Waals surface area (Å²) in [5.41, 5.74) is 0. The minimum atomic E-state index is -0.842. The molecule has 13 heteroatoms. The first-order valence-electron chi connectivity index (χ1n) is 10.5. The van der Waals surface area contributed by atoms with Crippen LogP contribution < -0.4 is 5.32 Å². The Labute approximate surface area is 187 Å². The van der Waals surface area contributed by atoms with E-state index in [0.29, 0.717) is 79.2 Å². The molecule has 0 saturated carbocycles. The van der Waals surface area contributed by atoms with Crippen molar-refractivity contribution in [2.24, 2.45) is 0 Å². The van der Waals surface area contributed by atoms with Crippen LogP contribution in [-0.4, -0.2) is 129 Å². The molecule has 1 aliphatic rings. The van der Waals surface area contributed by atoms with Gasteiger partial charge in [-0.15, -0.1) is 0 Å². The summed E-state index contributed by atoms with van der Waals surface area (Å²) >= 11 is 0. The van der Waals surface area contributed by atoms with Crippen LogP contribution in [0.25, 0.3) is 0 Å². The lowest BCUT2D eigenvalue weighted by Crippen LogP contribution is -2.23. The van der Waals surface area contributed by atoms with Crippen molar-refractivity contribution in [2.75, 3.05) is 106 Å². The Hall–Kier alpha value is -1.74. The lowest BCUT2D eigenvalue weighted by atomic mass is 10.4. The minimum Gasteiger partial charge on any atom is -0.441 e. The van der Waals surface area contributed by atoms with Gasteiger partial charge in [0.25, 0.3) is 0 Å². The molecule has 0 aromatic heterocycles. The molecule has 1 atom stereocenters. The fraction of sp³-hybridized carbons (Fsp3) is 0.895. The molecule has 0 aromatic rings. The van der Waals surface area contributed by atoms with E-state index in [1.54, 1.807) is 0 Å². The molecule has 0 aliphatic carbocycles. The van der Waals surface area contributed by atoms with Gasteiger partial charge in [0.2, 0.25) is 0 Å². The van der Waals surface area contributed by atoms with E-state index in [9.17, 15) is 9.59 Å². The van der Waals surface area contributed by atoms with Crippen LogP contribution in [0.5, 0.6) is 0 Å². The van der Waals surface area contributed by atoms with E-state index in [1.165, 1.54) is 0 Å². The van der Waals surface area contributed by atoms with Gasteiger partial charge in [-0.05, 0) is 0 Å². The number of alkyl carbamates (subject to hydrolysis) is 1. The topological polar surface area (TPSA) is 149 Å². The van der Waals surface area contributed by atoms with Crippen molar-refractivity contribution >= 4 is 12.2 Å². The summed E-state index contributed by atoms with van der Waals surface area (Å²) in [7, 11) is 0. The van der Waals surface area contributed by atoms with Crippen molar-refractivity contribution < 1.29 is 57.3 Å². The zero-order chi connectivity index (χ0) is 23.1. The Kier molecular flexibility index (Phi) is 18.7. The number of carbonyl (C=O) groups excluding carboxylic acids is 2. The van der Waals surface area contributed by atoms with Crippen molar-refractivity contribution in [3.05, 3.63) is 0 Å². The van der Waals surface area contributed by atoms with Gasteiger partial charge in [0.05, 0.1) is 92.4 Å². The lowest BCUT2D eigenvalue weighted by Gasteiger charge is -2.10. The van der Waals surface area contributed by atoms with E-state index in [0.717, 1.165) is 0 Å². The normalized spacial score (nSPS) is 15.4. The van der Waals surface area contributed by atoms with E-state index >= 15 is 0 Å².